The number of amides is 1. The van der Waals surface area contributed by atoms with Crippen molar-refractivity contribution in [3.05, 3.63) is 58.4 Å². The van der Waals surface area contributed by atoms with Crippen molar-refractivity contribution in [2.24, 2.45) is 0 Å². The van der Waals surface area contributed by atoms with Gasteiger partial charge in [-0.25, -0.2) is 4.39 Å². The van der Waals surface area contributed by atoms with Crippen LogP contribution in [0.1, 0.15) is 6.92 Å². The second kappa shape index (κ2) is 7.40. The molecule has 1 N–H and O–H groups in total. The number of hydrogen-bond acceptors (Lipinski definition) is 5. The number of para-hydroxylation sites is 2. The first-order valence-electron chi connectivity index (χ1n) is 6.97. The molecule has 1 atom stereocenters. The van der Waals surface area contributed by atoms with Gasteiger partial charge in [0.15, 0.2) is 6.10 Å². The first-order valence-corrected chi connectivity index (χ1v) is 6.97. The zero-order chi connectivity index (χ0) is 17.7. The molecule has 0 heterocycles. The minimum Gasteiger partial charge on any atom is -0.495 e. The third kappa shape index (κ3) is 3.97. The lowest BCUT2D eigenvalue weighted by molar-refractivity contribution is -0.386. The third-order valence-electron chi connectivity index (χ3n) is 3.16. The lowest BCUT2D eigenvalue weighted by atomic mass is 10.2. The number of carbonyl (C=O) groups is 1. The van der Waals surface area contributed by atoms with E-state index in [0.29, 0.717) is 11.4 Å². The molecular formula is C16H15FN2O5. The van der Waals surface area contributed by atoms with Crippen molar-refractivity contribution in [3.63, 3.8) is 0 Å². The summed E-state index contributed by atoms with van der Waals surface area (Å²) in [7, 11) is 1.46. The third-order valence-corrected chi connectivity index (χ3v) is 3.16. The number of benzene rings is 2. The second-order valence-electron chi connectivity index (χ2n) is 4.82. The van der Waals surface area contributed by atoms with E-state index < -0.39 is 28.4 Å². The standard InChI is InChI=1S/C16H15FN2O5/c1-10(16(20)18-12-5-3-4-6-14(12)23-2)24-15-9-11(17)7-8-13(15)19(21)22/h3-10H,1-2H3,(H,18,20)/t10-/m1/s1. The highest BCUT2D eigenvalue weighted by atomic mass is 19.1. The molecule has 2 aromatic rings. The molecule has 0 radical (unpaired) electrons. The van der Waals surface area contributed by atoms with Gasteiger partial charge in [0.1, 0.15) is 11.6 Å². The van der Waals surface area contributed by atoms with Crippen LogP contribution in [0.2, 0.25) is 0 Å². The largest absolute Gasteiger partial charge is 0.495 e. The summed E-state index contributed by atoms with van der Waals surface area (Å²) in [6.45, 7) is 1.40. The van der Waals surface area contributed by atoms with Crippen molar-refractivity contribution in [2.45, 2.75) is 13.0 Å². The topological polar surface area (TPSA) is 90.7 Å². The van der Waals surface area contributed by atoms with Crippen LogP contribution in [0.5, 0.6) is 11.5 Å². The lowest BCUT2D eigenvalue weighted by Gasteiger charge is -2.16. The molecule has 0 aromatic heterocycles. The molecule has 2 aromatic carbocycles. The molecule has 1 amide bonds. The number of nitrogens with one attached hydrogen (secondary N) is 1. The van der Waals surface area contributed by atoms with E-state index in [1.54, 1.807) is 24.3 Å². The van der Waals surface area contributed by atoms with E-state index in [4.69, 9.17) is 9.47 Å². The van der Waals surface area contributed by atoms with Crippen molar-refractivity contribution in [2.75, 3.05) is 12.4 Å². The van der Waals surface area contributed by atoms with Gasteiger partial charge in [-0.3, -0.25) is 14.9 Å². The molecule has 24 heavy (non-hydrogen) atoms. The summed E-state index contributed by atoms with van der Waals surface area (Å²) in [6, 6.07) is 9.54. The molecule has 0 bridgehead atoms. The quantitative estimate of drug-likeness (QED) is 0.647. The fraction of sp³-hybridized carbons (Fsp3) is 0.188. The molecule has 0 saturated carbocycles. The van der Waals surface area contributed by atoms with E-state index in [1.807, 2.05) is 0 Å². The maximum atomic E-state index is 13.3. The number of nitro benzene ring substituents is 1. The number of nitro groups is 1. The Kier molecular flexibility index (Phi) is 5.31. The SMILES string of the molecule is COc1ccccc1NC(=O)[C@@H](C)Oc1cc(F)ccc1[N+](=O)[O-]. The minimum absolute atomic E-state index is 0.317. The summed E-state index contributed by atoms with van der Waals surface area (Å²) in [5.74, 6) is -1.12. The zero-order valence-corrected chi connectivity index (χ0v) is 13.0. The lowest BCUT2D eigenvalue weighted by Crippen LogP contribution is -2.30. The minimum atomic E-state index is -1.09. The van der Waals surface area contributed by atoms with E-state index in [-0.39, 0.29) is 5.75 Å². The molecule has 0 unspecified atom stereocenters. The zero-order valence-electron chi connectivity index (χ0n) is 13.0. The molecule has 126 valence electrons. The Hall–Kier alpha value is -3.16. The Morgan fingerprint density at radius 2 is 1.96 bits per heavy atom. The number of halogens is 1. The predicted octanol–water partition coefficient (Wildman–Crippen LogP) is 3.15. The van der Waals surface area contributed by atoms with Crippen molar-refractivity contribution in [3.8, 4) is 11.5 Å². The Labute approximate surface area is 137 Å². The van der Waals surface area contributed by atoms with Crippen LogP contribution in [0.4, 0.5) is 15.8 Å². The van der Waals surface area contributed by atoms with Crippen LogP contribution in [0.15, 0.2) is 42.5 Å². The number of rotatable bonds is 6. The van der Waals surface area contributed by atoms with Crippen molar-refractivity contribution < 1.29 is 23.6 Å². The van der Waals surface area contributed by atoms with Crippen LogP contribution >= 0.6 is 0 Å². The number of hydrogen-bond donors (Lipinski definition) is 1. The normalized spacial score (nSPS) is 11.5. The van der Waals surface area contributed by atoms with Gasteiger partial charge in [0, 0.05) is 12.1 Å². The van der Waals surface area contributed by atoms with Gasteiger partial charge < -0.3 is 14.8 Å². The van der Waals surface area contributed by atoms with Crippen molar-refractivity contribution >= 4 is 17.3 Å². The van der Waals surface area contributed by atoms with Gasteiger partial charge in [-0.05, 0) is 25.1 Å². The molecule has 0 aliphatic rings. The summed E-state index contributed by atoms with van der Waals surface area (Å²) in [6.07, 6.45) is -1.09. The Bertz CT molecular complexity index is 766. The summed E-state index contributed by atoms with van der Waals surface area (Å²) in [4.78, 5) is 22.4. The van der Waals surface area contributed by atoms with E-state index in [9.17, 15) is 19.3 Å². The first kappa shape index (κ1) is 17.2. The van der Waals surface area contributed by atoms with E-state index in [1.165, 1.54) is 14.0 Å². The second-order valence-corrected chi connectivity index (χ2v) is 4.82. The summed E-state index contributed by atoms with van der Waals surface area (Å²) in [5, 5.41) is 13.5. The summed E-state index contributed by atoms with van der Waals surface area (Å²) in [5.41, 5.74) is 0.00235. The van der Waals surface area contributed by atoms with Crippen LogP contribution < -0.4 is 14.8 Å². The number of carbonyl (C=O) groups excluding carboxylic acids is 1. The highest BCUT2D eigenvalue weighted by Gasteiger charge is 2.22. The van der Waals surface area contributed by atoms with E-state index in [0.717, 1.165) is 18.2 Å². The number of ether oxygens (including phenoxy) is 2. The van der Waals surface area contributed by atoms with Crippen molar-refractivity contribution in [1.29, 1.82) is 0 Å². The molecule has 0 fully saturated rings. The highest BCUT2D eigenvalue weighted by molar-refractivity contribution is 5.95. The molecule has 7 nitrogen and oxygen atoms in total. The van der Waals surface area contributed by atoms with Crippen LogP contribution in [0.3, 0.4) is 0 Å². The van der Waals surface area contributed by atoms with Crippen molar-refractivity contribution in [1.82, 2.24) is 0 Å². The van der Waals surface area contributed by atoms with E-state index >= 15 is 0 Å². The summed E-state index contributed by atoms with van der Waals surface area (Å²) >= 11 is 0. The Morgan fingerprint density at radius 3 is 2.62 bits per heavy atom. The predicted molar refractivity (Wildman–Crippen MR) is 84.8 cm³/mol. The van der Waals surface area contributed by atoms with Crippen LogP contribution in [-0.2, 0) is 4.79 Å². The molecule has 0 aliphatic carbocycles. The van der Waals surface area contributed by atoms with E-state index in [2.05, 4.69) is 5.32 Å². The van der Waals surface area contributed by atoms with Crippen LogP contribution in [0, 0.1) is 15.9 Å². The highest BCUT2D eigenvalue weighted by Crippen LogP contribution is 2.29. The van der Waals surface area contributed by atoms with Gasteiger partial charge in [-0.1, -0.05) is 12.1 Å². The van der Waals surface area contributed by atoms with Gasteiger partial charge >= 0.3 is 5.69 Å². The molecule has 2 rings (SSSR count). The summed E-state index contributed by atoms with van der Waals surface area (Å²) < 4.78 is 23.7. The molecule has 0 aliphatic heterocycles. The van der Waals surface area contributed by atoms with Crippen LogP contribution in [0.25, 0.3) is 0 Å². The fourth-order valence-electron chi connectivity index (χ4n) is 1.96. The molecule has 8 heteroatoms. The van der Waals surface area contributed by atoms with Gasteiger partial charge in [0.05, 0.1) is 17.7 Å². The maximum absolute atomic E-state index is 13.3. The monoisotopic (exact) mass is 334 g/mol. The number of nitrogens with zero attached hydrogens (tertiary/aromatic N) is 1. The van der Waals surface area contributed by atoms with Gasteiger partial charge in [0.2, 0.25) is 5.75 Å². The van der Waals surface area contributed by atoms with Gasteiger partial charge in [-0.15, -0.1) is 0 Å². The molecule has 0 saturated heterocycles. The number of methoxy groups -OCH3 is 1. The fourth-order valence-corrected chi connectivity index (χ4v) is 1.96. The Morgan fingerprint density at radius 1 is 1.25 bits per heavy atom. The van der Waals surface area contributed by atoms with Crippen LogP contribution in [-0.4, -0.2) is 24.0 Å². The number of anilines is 1. The first-order chi connectivity index (χ1) is 11.4. The maximum Gasteiger partial charge on any atom is 0.311 e. The molecule has 0 spiro atoms. The van der Waals surface area contributed by atoms with Gasteiger partial charge in [-0.2, -0.15) is 0 Å². The smallest absolute Gasteiger partial charge is 0.311 e. The average molecular weight is 334 g/mol. The van der Waals surface area contributed by atoms with Gasteiger partial charge in [0.25, 0.3) is 5.91 Å². The molecular weight excluding hydrogens is 319 g/mol. The Balaban J connectivity index is 2.15. The average Bonchev–Trinajstić information content (AvgIpc) is 2.55.